The number of nitrogens with zero attached hydrogens (tertiary/aromatic N) is 1. The topological polar surface area (TPSA) is 54.7 Å². The van der Waals surface area contributed by atoms with Crippen LogP contribution < -0.4 is 5.32 Å². The molecule has 0 aliphatic carbocycles. The zero-order valence-electron chi connectivity index (χ0n) is 17.6. The van der Waals surface area contributed by atoms with Gasteiger partial charge in [0.25, 0.3) is 5.91 Å². The Morgan fingerprint density at radius 2 is 1.83 bits per heavy atom. The first-order valence-electron chi connectivity index (χ1n) is 10.3. The zero-order chi connectivity index (χ0) is 21.3. The summed E-state index contributed by atoms with van der Waals surface area (Å²) in [5, 5.41) is 4.64. The molecule has 1 unspecified atom stereocenters. The van der Waals surface area contributed by atoms with Gasteiger partial charge >= 0.3 is 0 Å². The Morgan fingerprint density at radius 3 is 2.53 bits per heavy atom. The van der Waals surface area contributed by atoms with Crippen LogP contribution in [-0.2, 0) is 4.74 Å². The number of nitrogens with one attached hydrogen (secondary N) is 1. The second kappa shape index (κ2) is 8.80. The molecule has 1 atom stereocenters. The molecule has 1 aliphatic rings. The molecule has 1 saturated heterocycles. The number of hydrogen-bond donors (Lipinski definition) is 1. The standard InChI is InChI=1S/C24H27ClN2O3/c1-15-4-6-18(7-5-15)21(27-8-10-29-11-9-27)14-26-24(28)23-17(3)19-13-20(25)16(2)12-22(19)30-23/h4-7,12-13,21H,8-11,14H2,1-3H3,(H,26,28). The molecular formula is C24H27ClN2O3. The first-order valence-corrected chi connectivity index (χ1v) is 10.7. The Kier molecular flexibility index (Phi) is 6.14. The van der Waals surface area contributed by atoms with Crippen molar-refractivity contribution >= 4 is 28.5 Å². The molecule has 4 rings (SSSR count). The van der Waals surface area contributed by atoms with Gasteiger partial charge in [-0.05, 0) is 44.0 Å². The van der Waals surface area contributed by atoms with Crippen LogP contribution in [0, 0.1) is 20.8 Å². The lowest BCUT2D eigenvalue weighted by Gasteiger charge is -2.35. The molecule has 1 aromatic heterocycles. The van der Waals surface area contributed by atoms with Gasteiger partial charge in [0.15, 0.2) is 5.76 Å². The van der Waals surface area contributed by atoms with E-state index in [9.17, 15) is 4.79 Å². The molecular weight excluding hydrogens is 400 g/mol. The Morgan fingerprint density at radius 1 is 1.13 bits per heavy atom. The highest BCUT2D eigenvalue weighted by atomic mass is 35.5. The summed E-state index contributed by atoms with van der Waals surface area (Å²) in [6.45, 7) is 9.50. The van der Waals surface area contributed by atoms with E-state index in [0.717, 1.165) is 29.6 Å². The van der Waals surface area contributed by atoms with E-state index in [1.165, 1.54) is 11.1 Å². The lowest BCUT2D eigenvalue weighted by Crippen LogP contribution is -2.43. The van der Waals surface area contributed by atoms with Crippen molar-refractivity contribution in [2.75, 3.05) is 32.8 Å². The number of amides is 1. The second-order valence-electron chi connectivity index (χ2n) is 7.94. The van der Waals surface area contributed by atoms with E-state index in [1.54, 1.807) is 0 Å². The number of carbonyl (C=O) groups is 1. The molecule has 0 radical (unpaired) electrons. The number of furan rings is 1. The van der Waals surface area contributed by atoms with Crippen LogP contribution in [-0.4, -0.2) is 43.7 Å². The van der Waals surface area contributed by atoms with Crippen molar-refractivity contribution in [2.45, 2.75) is 26.8 Å². The SMILES string of the molecule is Cc1ccc(C(CNC(=O)c2oc3cc(C)c(Cl)cc3c2C)N2CCOCC2)cc1. The van der Waals surface area contributed by atoms with Gasteiger partial charge in [-0.1, -0.05) is 41.4 Å². The maximum atomic E-state index is 13.0. The summed E-state index contributed by atoms with van der Waals surface area (Å²) in [6.07, 6.45) is 0. The van der Waals surface area contributed by atoms with Crippen LogP contribution in [0.2, 0.25) is 5.02 Å². The Bertz CT molecular complexity index is 1050. The third-order valence-electron chi connectivity index (χ3n) is 5.83. The van der Waals surface area contributed by atoms with E-state index in [4.69, 9.17) is 20.8 Å². The average molecular weight is 427 g/mol. The fraction of sp³-hybridized carbons (Fsp3) is 0.375. The van der Waals surface area contributed by atoms with Gasteiger partial charge in [-0.25, -0.2) is 0 Å². The largest absolute Gasteiger partial charge is 0.451 e. The summed E-state index contributed by atoms with van der Waals surface area (Å²) < 4.78 is 11.4. The maximum absolute atomic E-state index is 13.0. The van der Waals surface area contributed by atoms with E-state index < -0.39 is 0 Å². The van der Waals surface area contributed by atoms with Gasteiger partial charge in [0.2, 0.25) is 0 Å². The van der Waals surface area contributed by atoms with E-state index in [1.807, 2.05) is 26.0 Å². The molecule has 30 heavy (non-hydrogen) atoms. The van der Waals surface area contributed by atoms with Crippen LogP contribution in [0.15, 0.2) is 40.8 Å². The minimum Gasteiger partial charge on any atom is -0.451 e. The van der Waals surface area contributed by atoms with Gasteiger partial charge in [-0.2, -0.15) is 0 Å². The number of aryl methyl sites for hydroxylation is 3. The van der Waals surface area contributed by atoms with Gasteiger partial charge in [-0.15, -0.1) is 0 Å². The van der Waals surface area contributed by atoms with E-state index in [0.29, 0.717) is 36.1 Å². The highest BCUT2D eigenvalue weighted by molar-refractivity contribution is 6.32. The molecule has 3 aromatic rings. The highest BCUT2D eigenvalue weighted by Crippen LogP contribution is 2.30. The highest BCUT2D eigenvalue weighted by Gasteiger charge is 2.25. The van der Waals surface area contributed by atoms with Crippen molar-refractivity contribution < 1.29 is 13.9 Å². The Balaban J connectivity index is 1.55. The van der Waals surface area contributed by atoms with Gasteiger partial charge < -0.3 is 14.5 Å². The number of morpholine rings is 1. The average Bonchev–Trinajstić information content (AvgIpc) is 3.06. The quantitative estimate of drug-likeness (QED) is 0.635. The van der Waals surface area contributed by atoms with Crippen molar-refractivity contribution in [1.29, 1.82) is 0 Å². The number of halogens is 1. The van der Waals surface area contributed by atoms with E-state index >= 15 is 0 Å². The normalized spacial score (nSPS) is 16.0. The monoisotopic (exact) mass is 426 g/mol. The van der Waals surface area contributed by atoms with E-state index in [2.05, 4.69) is 41.4 Å². The van der Waals surface area contributed by atoms with Crippen molar-refractivity contribution in [2.24, 2.45) is 0 Å². The smallest absolute Gasteiger partial charge is 0.287 e. The van der Waals surface area contributed by atoms with Gasteiger partial charge in [0, 0.05) is 35.6 Å². The number of benzene rings is 2. The summed E-state index contributed by atoms with van der Waals surface area (Å²) in [5.74, 6) is 0.138. The summed E-state index contributed by atoms with van der Waals surface area (Å²) >= 11 is 6.26. The maximum Gasteiger partial charge on any atom is 0.287 e. The number of hydrogen-bond acceptors (Lipinski definition) is 4. The lowest BCUT2D eigenvalue weighted by molar-refractivity contribution is 0.0161. The number of rotatable bonds is 5. The molecule has 0 spiro atoms. The molecule has 2 aromatic carbocycles. The minimum atomic E-state index is -0.206. The summed E-state index contributed by atoms with van der Waals surface area (Å²) in [5.41, 5.74) is 4.82. The van der Waals surface area contributed by atoms with Crippen molar-refractivity contribution in [3.05, 3.63) is 69.4 Å². The first-order chi connectivity index (χ1) is 14.4. The van der Waals surface area contributed by atoms with Crippen LogP contribution in [0.1, 0.15) is 38.9 Å². The molecule has 1 fully saturated rings. The summed E-state index contributed by atoms with van der Waals surface area (Å²) in [4.78, 5) is 15.4. The molecule has 2 heterocycles. The predicted molar refractivity (Wildman–Crippen MR) is 119 cm³/mol. The molecule has 1 amide bonds. The fourth-order valence-electron chi connectivity index (χ4n) is 3.96. The van der Waals surface area contributed by atoms with Crippen molar-refractivity contribution in [3.8, 4) is 0 Å². The molecule has 1 N–H and O–H groups in total. The molecule has 0 bridgehead atoms. The van der Waals surface area contributed by atoms with Gasteiger partial charge in [-0.3, -0.25) is 9.69 Å². The van der Waals surface area contributed by atoms with Crippen LogP contribution in [0.25, 0.3) is 11.0 Å². The van der Waals surface area contributed by atoms with Gasteiger partial charge in [0.05, 0.1) is 19.3 Å². The van der Waals surface area contributed by atoms with Crippen LogP contribution in [0.3, 0.4) is 0 Å². The summed E-state index contributed by atoms with van der Waals surface area (Å²) in [7, 11) is 0. The predicted octanol–water partition coefficient (Wildman–Crippen LogP) is 4.81. The summed E-state index contributed by atoms with van der Waals surface area (Å²) in [6, 6.07) is 12.3. The fourth-order valence-corrected chi connectivity index (χ4v) is 4.13. The number of ether oxygens (including phenoxy) is 1. The van der Waals surface area contributed by atoms with Crippen LogP contribution >= 0.6 is 11.6 Å². The zero-order valence-corrected chi connectivity index (χ0v) is 18.4. The molecule has 1 aliphatic heterocycles. The number of fused-ring (bicyclic) bond motifs is 1. The lowest BCUT2D eigenvalue weighted by atomic mass is 10.0. The van der Waals surface area contributed by atoms with Crippen molar-refractivity contribution in [1.82, 2.24) is 10.2 Å². The molecule has 5 nitrogen and oxygen atoms in total. The second-order valence-corrected chi connectivity index (χ2v) is 8.35. The third kappa shape index (κ3) is 4.24. The van der Waals surface area contributed by atoms with E-state index in [-0.39, 0.29) is 11.9 Å². The Hall–Kier alpha value is -2.34. The number of carbonyl (C=O) groups excluding carboxylic acids is 1. The van der Waals surface area contributed by atoms with Gasteiger partial charge in [0.1, 0.15) is 5.58 Å². The minimum absolute atomic E-state index is 0.0832. The molecule has 0 saturated carbocycles. The third-order valence-corrected chi connectivity index (χ3v) is 6.24. The van der Waals surface area contributed by atoms with Crippen molar-refractivity contribution in [3.63, 3.8) is 0 Å². The molecule has 6 heteroatoms. The van der Waals surface area contributed by atoms with Crippen LogP contribution in [0.5, 0.6) is 0 Å². The Labute approximate surface area is 181 Å². The molecule has 158 valence electrons. The first kappa shape index (κ1) is 20.9. The van der Waals surface area contributed by atoms with Crippen LogP contribution in [0.4, 0.5) is 0 Å².